The highest BCUT2D eigenvalue weighted by Gasteiger charge is 2.32. The Kier molecular flexibility index (Phi) is 5.35. The first-order valence-electron chi connectivity index (χ1n) is 8.83. The van der Waals surface area contributed by atoms with Gasteiger partial charge in [0.05, 0.1) is 18.1 Å². The third-order valence-electron chi connectivity index (χ3n) is 5.02. The van der Waals surface area contributed by atoms with Gasteiger partial charge >= 0.3 is 6.03 Å². The lowest BCUT2D eigenvalue weighted by Gasteiger charge is -2.39. The maximum atomic E-state index is 12.8. The molecule has 0 radical (unpaired) electrons. The molecule has 2 aliphatic heterocycles. The smallest absolute Gasteiger partial charge is 0.319 e. The molecule has 3 amide bonds. The number of piperazine rings is 1. The van der Waals surface area contributed by atoms with Crippen molar-refractivity contribution in [3.8, 4) is 0 Å². The molecule has 136 valence electrons. The fraction of sp³-hybridized carbons (Fsp3) is 0.647. The molecule has 3 rings (SSSR count). The van der Waals surface area contributed by atoms with E-state index in [4.69, 9.17) is 0 Å². The summed E-state index contributed by atoms with van der Waals surface area (Å²) in [6.07, 6.45) is 4.96. The molecular formula is C17H26N6O2. The van der Waals surface area contributed by atoms with E-state index in [0.717, 1.165) is 44.7 Å². The summed E-state index contributed by atoms with van der Waals surface area (Å²) in [5.41, 5.74) is 1.05. The van der Waals surface area contributed by atoms with Gasteiger partial charge in [-0.15, -0.1) is 0 Å². The number of carbonyl (C=O) groups excluding carboxylic acids is 2. The third-order valence-corrected chi connectivity index (χ3v) is 5.02. The van der Waals surface area contributed by atoms with Crippen molar-refractivity contribution in [1.29, 1.82) is 0 Å². The summed E-state index contributed by atoms with van der Waals surface area (Å²) in [4.78, 5) is 32.4. The Morgan fingerprint density at radius 2 is 1.68 bits per heavy atom. The SMILES string of the molecule is CN(C)C(=O)N1CCC(C(=O)N2CCN(c3ccnnc3)CC2)CC1. The third kappa shape index (κ3) is 4.00. The molecule has 1 aromatic rings. The van der Waals surface area contributed by atoms with E-state index >= 15 is 0 Å². The Labute approximate surface area is 148 Å². The number of nitrogens with zero attached hydrogens (tertiary/aromatic N) is 6. The van der Waals surface area contributed by atoms with Crippen LogP contribution in [-0.4, -0.2) is 90.2 Å². The number of hydrogen-bond donors (Lipinski definition) is 0. The zero-order valence-corrected chi connectivity index (χ0v) is 15.0. The Morgan fingerprint density at radius 3 is 2.24 bits per heavy atom. The van der Waals surface area contributed by atoms with Crippen molar-refractivity contribution in [1.82, 2.24) is 24.9 Å². The van der Waals surface area contributed by atoms with Crippen molar-refractivity contribution >= 4 is 17.6 Å². The number of amides is 3. The van der Waals surface area contributed by atoms with Crippen LogP contribution in [0.5, 0.6) is 0 Å². The second-order valence-corrected chi connectivity index (χ2v) is 6.85. The second-order valence-electron chi connectivity index (χ2n) is 6.85. The lowest BCUT2D eigenvalue weighted by Crippen LogP contribution is -2.52. The van der Waals surface area contributed by atoms with Crippen molar-refractivity contribution in [2.75, 3.05) is 58.3 Å². The number of urea groups is 1. The van der Waals surface area contributed by atoms with Gasteiger partial charge in [-0.05, 0) is 18.9 Å². The number of piperidine rings is 1. The number of anilines is 1. The first-order valence-corrected chi connectivity index (χ1v) is 8.83. The topological polar surface area (TPSA) is 72.9 Å². The predicted molar refractivity (Wildman–Crippen MR) is 94.2 cm³/mol. The Hall–Kier alpha value is -2.38. The molecule has 0 saturated carbocycles. The normalized spacial score (nSPS) is 19.0. The van der Waals surface area contributed by atoms with Crippen LogP contribution in [0.4, 0.5) is 10.5 Å². The van der Waals surface area contributed by atoms with Crippen LogP contribution in [0.2, 0.25) is 0 Å². The summed E-state index contributed by atoms with van der Waals surface area (Å²) < 4.78 is 0. The molecule has 0 aromatic carbocycles. The molecule has 0 N–H and O–H groups in total. The number of rotatable bonds is 2. The summed E-state index contributed by atoms with van der Waals surface area (Å²) >= 11 is 0. The number of hydrogen-bond acceptors (Lipinski definition) is 5. The molecule has 3 heterocycles. The fourth-order valence-corrected chi connectivity index (χ4v) is 3.51. The van der Waals surface area contributed by atoms with Crippen LogP contribution >= 0.6 is 0 Å². The molecule has 0 atom stereocenters. The highest BCUT2D eigenvalue weighted by atomic mass is 16.2. The van der Waals surface area contributed by atoms with E-state index in [1.165, 1.54) is 0 Å². The molecule has 25 heavy (non-hydrogen) atoms. The van der Waals surface area contributed by atoms with Gasteiger partial charge in [0, 0.05) is 59.3 Å². The zero-order chi connectivity index (χ0) is 17.8. The Balaban J connectivity index is 1.48. The largest absolute Gasteiger partial charge is 0.367 e. The van der Waals surface area contributed by atoms with Crippen molar-refractivity contribution in [3.63, 3.8) is 0 Å². The van der Waals surface area contributed by atoms with Crippen LogP contribution in [0.15, 0.2) is 18.5 Å². The van der Waals surface area contributed by atoms with Gasteiger partial charge in [0.15, 0.2) is 0 Å². The summed E-state index contributed by atoms with van der Waals surface area (Å²) in [5, 5.41) is 7.71. The van der Waals surface area contributed by atoms with Gasteiger partial charge in [-0.2, -0.15) is 10.2 Å². The van der Waals surface area contributed by atoms with Crippen molar-refractivity contribution in [2.24, 2.45) is 5.92 Å². The monoisotopic (exact) mass is 346 g/mol. The van der Waals surface area contributed by atoms with Crippen LogP contribution in [-0.2, 0) is 4.79 Å². The van der Waals surface area contributed by atoms with Crippen LogP contribution < -0.4 is 4.90 Å². The summed E-state index contributed by atoms with van der Waals surface area (Å²) in [5.74, 6) is 0.282. The van der Waals surface area contributed by atoms with E-state index in [1.54, 1.807) is 31.4 Å². The second kappa shape index (κ2) is 7.67. The minimum Gasteiger partial charge on any atom is -0.367 e. The molecule has 0 bridgehead atoms. The standard InChI is InChI=1S/C17H26N6O2/c1-20(2)17(25)23-7-4-14(5-8-23)16(24)22-11-9-21(10-12-22)15-3-6-18-19-13-15/h3,6,13-14H,4-5,7-12H2,1-2H3. The van der Waals surface area contributed by atoms with Crippen LogP contribution in [0, 0.1) is 5.92 Å². The number of carbonyl (C=O) groups is 2. The lowest BCUT2D eigenvalue weighted by atomic mass is 9.95. The molecule has 0 unspecified atom stereocenters. The maximum absolute atomic E-state index is 12.8. The summed E-state index contributed by atoms with van der Waals surface area (Å²) in [6.45, 7) is 4.42. The molecular weight excluding hydrogens is 320 g/mol. The molecule has 2 aliphatic rings. The van der Waals surface area contributed by atoms with E-state index in [0.29, 0.717) is 13.1 Å². The van der Waals surface area contributed by atoms with Crippen molar-refractivity contribution in [2.45, 2.75) is 12.8 Å². The highest BCUT2D eigenvalue weighted by Crippen LogP contribution is 2.22. The molecule has 8 heteroatoms. The quantitative estimate of drug-likeness (QED) is 0.781. The van der Waals surface area contributed by atoms with Gasteiger partial charge in [0.2, 0.25) is 5.91 Å². The van der Waals surface area contributed by atoms with Gasteiger partial charge in [0.1, 0.15) is 0 Å². The van der Waals surface area contributed by atoms with Gasteiger partial charge in [-0.3, -0.25) is 4.79 Å². The van der Waals surface area contributed by atoms with E-state index < -0.39 is 0 Å². The first kappa shape index (κ1) is 17.4. The zero-order valence-electron chi connectivity index (χ0n) is 15.0. The molecule has 1 aromatic heterocycles. The van der Waals surface area contributed by atoms with Gasteiger partial charge < -0.3 is 19.6 Å². The minimum atomic E-state index is 0.0328. The molecule has 8 nitrogen and oxygen atoms in total. The van der Waals surface area contributed by atoms with Crippen molar-refractivity contribution in [3.05, 3.63) is 18.5 Å². The number of aromatic nitrogens is 2. The highest BCUT2D eigenvalue weighted by molar-refractivity contribution is 5.80. The molecule has 0 spiro atoms. The van der Waals surface area contributed by atoms with Gasteiger partial charge in [-0.1, -0.05) is 0 Å². The van der Waals surface area contributed by atoms with Crippen LogP contribution in [0.1, 0.15) is 12.8 Å². The Morgan fingerprint density at radius 1 is 1.00 bits per heavy atom. The Bertz CT molecular complexity index is 592. The predicted octanol–water partition coefficient (Wildman–Crippen LogP) is 0.519. The van der Waals surface area contributed by atoms with E-state index in [1.807, 2.05) is 15.9 Å². The van der Waals surface area contributed by atoms with Gasteiger partial charge in [-0.25, -0.2) is 4.79 Å². The van der Waals surface area contributed by atoms with E-state index in [9.17, 15) is 9.59 Å². The average Bonchev–Trinajstić information content (AvgIpc) is 2.67. The fourth-order valence-electron chi connectivity index (χ4n) is 3.51. The summed E-state index contributed by atoms with van der Waals surface area (Å²) in [7, 11) is 3.52. The maximum Gasteiger partial charge on any atom is 0.319 e. The number of likely N-dealkylation sites (tertiary alicyclic amines) is 1. The van der Waals surface area contributed by atoms with E-state index in [-0.39, 0.29) is 17.9 Å². The first-order chi connectivity index (χ1) is 12.1. The minimum absolute atomic E-state index is 0.0328. The van der Waals surface area contributed by atoms with Crippen LogP contribution in [0.3, 0.4) is 0 Å². The lowest BCUT2D eigenvalue weighted by molar-refractivity contribution is -0.137. The van der Waals surface area contributed by atoms with E-state index in [2.05, 4.69) is 15.1 Å². The molecule has 0 aliphatic carbocycles. The molecule has 2 saturated heterocycles. The van der Waals surface area contributed by atoms with Crippen LogP contribution in [0.25, 0.3) is 0 Å². The molecule has 2 fully saturated rings. The van der Waals surface area contributed by atoms with Gasteiger partial charge in [0.25, 0.3) is 0 Å². The average molecular weight is 346 g/mol. The van der Waals surface area contributed by atoms with Crippen molar-refractivity contribution < 1.29 is 9.59 Å². The summed E-state index contributed by atoms with van der Waals surface area (Å²) in [6, 6.07) is 1.98.